The van der Waals surface area contributed by atoms with Crippen molar-refractivity contribution >= 4 is 5.91 Å². The van der Waals surface area contributed by atoms with Gasteiger partial charge in [-0.2, -0.15) is 0 Å². The minimum absolute atomic E-state index is 0.159. The summed E-state index contributed by atoms with van der Waals surface area (Å²) >= 11 is 0. The molecule has 2 aliphatic rings. The van der Waals surface area contributed by atoms with Crippen molar-refractivity contribution in [2.24, 2.45) is 22.9 Å². The number of fused-ring (bicyclic) bond motifs is 1. The van der Waals surface area contributed by atoms with Crippen molar-refractivity contribution in [3.8, 4) is 0 Å². The summed E-state index contributed by atoms with van der Waals surface area (Å²) < 4.78 is 0. The molecule has 0 aromatic carbocycles. The summed E-state index contributed by atoms with van der Waals surface area (Å²) in [6.07, 6.45) is 8.73. The van der Waals surface area contributed by atoms with Crippen molar-refractivity contribution in [2.75, 3.05) is 13.1 Å². The predicted molar refractivity (Wildman–Crippen MR) is 69.8 cm³/mol. The molecule has 0 aromatic heterocycles. The number of nitrogens with zero attached hydrogens (tertiary/aromatic N) is 3. The first-order valence-corrected chi connectivity index (χ1v) is 7.10. The quantitative estimate of drug-likeness (QED) is 0.354. The molecule has 1 amide bonds. The average molecular weight is 250 g/mol. The molecule has 2 aliphatic carbocycles. The number of amides is 1. The molecule has 0 aromatic rings. The Morgan fingerprint density at radius 2 is 2.00 bits per heavy atom. The fraction of sp³-hybridized carbons (Fsp3) is 0.923. The lowest BCUT2D eigenvalue weighted by atomic mass is 9.67. The van der Waals surface area contributed by atoms with Crippen LogP contribution in [0.2, 0.25) is 0 Å². The van der Waals surface area contributed by atoms with E-state index in [-0.39, 0.29) is 11.8 Å². The van der Waals surface area contributed by atoms with Gasteiger partial charge in [0.2, 0.25) is 5.91 Å². The number of hydrogen-bond donors (Lipinski definition) is 1. The van der Waals surface area contributed by atoms with Gasteiger partial charge in [-0.1, -0.05) is 30.8 Å². The summed E-state index contributed by atoms with van der Waals surface area (Å²) in [5, 5.41) is 6.30. The SMILES string of the molecule is [N-]=[N+]=NCCNC(=O)C1CCC2CCCCC2C1. The van der Waals surface area contributed by atoms with E-state index < -0.39 is 0 Å². The summed E-state index contributed by atoms with van der Waals surface area (Å²) in [7, 11) is 0. The van der Waals surface area contributed by atoms with Gasteiger partial charge in [0.05, 0.1) is 0 Å². The maximum absolute atomic E-state index is 12.0. The molecule has 0 heterocycles. The van der Waals surface area contributed by atoms with Gasteiger partial charge in [-0.25, -0.2) is 0 Å². The lowest BCUT2D eigenvalue weighted by Crippen LogP contribution is -2.38. The maximum atomic E-state index is 12.0. The second-order valence-electron chi connectivity index (χ2n) is 5.56. The first-order chi connectivity index (χ1) is 8.81. The first-order valence-electron chi connectivity index (χ1n) is 7.10. The average Bonchev–Trinajstić information content (AvgIpc) is 2.43. The Bertz CT molecular complexity index is 338. The molecule has 0 bridgehead atoms. The molecular formula is C13H22N4O. The highest BCUT2D eigenvalue weighted by atomic mass is 16.1. The zero-order chi connectivity index (χ0) is 12.8. The van der Waals surface area contributed by atoms with Crippen molar-refractivity contribution in [1.29, 1.82) is 0 Å². The van der Waals surface area contributed by atoms with E-state index in [0.717, 1.165) is 24.7 Å². The molecule has 0 radical (unpaired) electrons. The van der Waals surface area contributed by atoms with Gasteiger partial charge in [-0.15, -0.1) is 0 Å². The summed E-state index contributed by atoms with van der Waals surface area (Å²) in [6.45, 7) is 0.814. The van der Waals surface area contributed by atoms with Crippen LogP contribution in [0.25, 0.3) is 10.4 Å². The third-order valence-corrected chi connectivity index (χ3v) is 4.48. The van der Waals surface area contributed by atoms with E-state index in [4.69, 9.17) is 5.53 Å². The lowest BCUT2D eigenvalue weighted by molar-refractivity contribution is -0.127. The van der Waals surface area contributed by atoms with Crippen LogP contribution in [0.15, 0.2) is 5.11 Å². The zero-order valence-electron chi connectivity index (χ0n) is 10.8. The standard InChI is InChI=1S/C13H22N4O/c14-17-16-8-7-15-13(18)12-6-5-10-3-1-2-4-11(10)9-12/h10-12H,1-9H2,(H,15,18). The van der Waals surface area contributed by atoms with E-state index in [1.54, 1.807) is 0 Å². The number of azide groups is 1. The molecule has 2 saturated carbocycles. The van der Waals surface area contributed by atoms with E-state index in [1.165, 1.54) is 32.1 Å². The number of carbonyl (C=O) groups is 1. The van der Waals surface area contributed by atoms with Gasteiger partial charge in [0, 0.05) is 23.9 Å². The maximum Gasteiger partial charge on any atom is 0.223 e. The molecule has 0 aliphatic heterocycles. The minimum atomic E-state index is 0.159. The summed E-state index contributed by atoms with van der Waals surface area (Å²) in [6, 6.07) is 0. The highest BCUT2D eigenvalue weighted by Gasteiger charge is 2.34. The van der Waals surface area contributed by atoms with Crippen LogP contribution in [-0.4, -0.2) is 19.0 Å². The molecule has 18 heavy (non-hydrogen) atoms. The molecule has 2 rings (SSSR count). The molecule has 0 saturated heterocycles. The van der Waals surface area contributed by atoms with Crippen molar-refractivity contribution in [3.05, 3.63) is 10.4 Å². The van der Waals surface area contributed by atoms with Crippen molar-refractivity contribution < 1.29 is 4.79 Å². The van der Waals surface area contributed by atoms with Crippen LogP contribution in [0.4, 0.5) is 0 Å². The molecule has 5 heteroatoms. The third kappa shape index (κ3) is 3.39. The Hall–Kier alpha value is -1.22. The van der Waals surface area contributed by atoms with Gasteiger partial charge >= 0.3 is 0 Å². The van der Waals surface area contributed by atoms with Crippen molar-refractivity contribution in [1.82, 2.24) is 5.32 Å². The van der Waals surface area contributed by atoms with E-state index in [9.17, 15) is 4.79 Å². The van der Waals surface area contributed by atoms with Gasteiger partial charge in [0.15, 0.2) is 0 Å². The molecule has 100 valence electrons. The highest BCUT2D eigenvalue weighted by Crippen LogP contribution is 2.42. The summed E-state index contributed by atoms with van der Waals surface area (Å²) in [5.41, 5.74) is 8.16. The molecule has 2 fully saturated rings. The number of hydrogen-bond acceptors (Lipinski definition) is 2. The molecule has 3 atom stereocenters. The fourth-order valence-electron chi connectivity index (χ4n) is 3.53. The zero-order valence-corrected chi connectivity index (χ0v) is 10.8. The van der Waals surface area contributed by atoms with Crippen molar-refractivity contribution in [2.45, 2.75) is 44.9 Å². The smallest absolute Gasteiger partial charge is 0.223 e. The monoisotopic (exact) mass is 250 g/mol. The Kier molecular flexibility index (Phi) is 4.88. The molecule has 1 N–H and O–H groups in total. The van der Waals surface area contributed by atoms with Crippen LogP contribution in [0.1, 0.15) is 44.9 Å². The topological polar surface area (TPSA) is 77.9 Å². The Balaban J connectivity index is 1.75. The second-order valence-corrected chi connectivity index (χ2v) is 5.56. The van der Waals surface area contributed by atoms with Gasteiger partial charge < -0.3 is 5.32 Å². The van der Waals surface area contributed by atoms with Gasteiger partial charge in [0.1, 0.15) is 0 Å². The van der Waals surface area contributed by atoms with Crippen LogP contribution >= 0.6 is 0 Å². The van der Waals surface area contributed by atoms with Crippen LogP contribution < -0.4 is 5.32 Å². The fourth-order valence-corrected chi connectivity index (χ4v) is 3.53. The van der Waals surface area contributed by atoms with Crippen LogP contribution in [0.5, 0.6) is 0 Å². The van der Waals surface area contributed by atoms with E-state index in [1.807, 2.05) is 0 Å². The van der Waals surface area contributed by atoms with Crippen LogP contribution in [0.3, 0.4) is 0 Å². The van der Waals surface area contributed by atoms with Crippen molar-refractivity contribution in [3.63, 3.8) is 0 Å². The predicted octanol–water partition coefficient (Wildman–Crippen LogP) is 3.02. The van der Waals surface area contributed by atoms with E-state index in [2.05, 4.69) is 15.3 Å². The minimum Gasteiger partial charge on any atom is -0.356 e. The number of carbonyl (C=O) groups excluding carboxylic acids is 1. The van der Waals surface area contributed by atoms with E-state index >= 15 is 0 Å². The summed E-state index contributed by atoms with van der Waals surface area (Å²) in [5.74, 6) is 2.01. The van der Waals surface area contributed by atoms with Gasteiger partial charge in [-0.3, -0.25) is 4.79 Å². The third-order valence-electron chi connectivity index (χ3n) is 4.48. The molecule has 0 spiro atoms. The van der Waals surface area contributed by atoms with E-state index in [0.29, 0.717) is 13.1 Å². The number of rotatable bonds is 4. The highest BCUT2D eigenvalue weighted by molar-refractivity contribution is 5.78. The number of nitrogens with one attached hydrogen (secondary N) is 1. The largest absolute Gasteiger partial charge is 0.356 e. The van der Waals surface area contributed by atoms with Gasteiger partial charge in [-0.05, 0) is 36.6 Å². The molecular weight excluding hydrogens is 228 g/mol. The summed E-state index contributed by atoms with van der Waals surface area (Å²) in [4.78, 5) is 14.7. The van der Waals surface area contributed by atoms with Crippen LogP contribution in [0, 0.1) is 17.8 Å². The van der Waals surface area contributed by atoms with Gasteiger partial charge in [0.25, 0.3) is 0 Å². The first kappa shape index (κ1) is 13.2. The molecule has 5 nitrogen and oxygen atoms in total. The Morgan fingerprint density at radius 1 is 1.22 bits per heavy atom. The molecule has 3 unspecified atom stereocenters. The Labute approximate surface area is 108 Å². The normalized spacial score (nSPS) is 31.0. The second kappa shape index (κ2) is 6.64. The Morgan fingerprint density at radius 3 is 2.78 bits per heavy atom. The lowest BCUT2D eigenvalue weighted by Gasteiger charge is -2.38. The van der Waals surface area contributed by atoms with Crippen LogP contribution in [-0.2, 0) is 4.79 Å².